The van der Waals surface area contributed by atoms with Crippen LogP contribution in [0.4, 0.5) is 16.2 Å². The molecule has 0 bridgehead atoms. The molecule has 128 valence electrons. The van der Waals surface area contributed by atoms with E-state index >= 15 is 0 Å². The van der Waals surface area contributed by atoms with E-state index in [-0.39, 0.29) is 5.82 Å². The average Bonchev–Trinajstić information content (AvgIpc) is 2.61. The van der Waals surface area contributed by atoms with Gasteiger partial charge in [0.05, 0.1) is 0 Å². The fourth-order valence-corrected chi connectivity index (χ4v) is 2.54. The second-order valence-electron chi connectivity index (χ2n) is 6.02. The second-order valence-corrected chi connectivity index (χ2v) is 6.02. The standard InChI is InChI=1S/C20H21FN4/c1-15-12-19(22-13-16-8-10-18(21)11-9-16)24-20(23-15)25(2)14-17-6-4-3-5-7-17/h3-12H,13-14H2,1-2H3,(H,22,23,24). The summed E-state index contributed by atoms with van der Waals surface area (Å²) in [5, 5.41) is 3.28. The minimum atomic E-state index is -0.230. The molecule has 0 unspecified atom stereocenters. The third-order valence-corrected chi connectivity index (χ3v) is 3.83. The molecule has 0 atom stereocenters. The maximum atomic E-state index is 13.0. The molecule has 5 heteroatoms. The summed E-state index contributed by atoms with van der Waals surface area (Å²) in [5.41, 5.74) is 3.10. The number of benzene rings is 2. The van der Waals surface area contributed by atoms with Crippen LogP contribution >= 0.6 is 0 Å². The number of aromatic nitrogens is 2. The van der Waals surface area contributed by atoms with E-state index in [1.807, 2.05) is 43.1 Å². The Labute approximate surface area is 147 Å². The molecular formula is C20H21FN4. The largest absolute Gasteiger partial charge is 0.366 e. The molecule has 0 aliphatic rings. The summed E-state index contributed by atoms with van der Waals surface area (Å²) >= 11 is 0. The van der Waals surface area contributed by atoms with Crippen LogP contribution in [0.2, 0.25) is 0 Å². The van der Waals surface area contributed by atoms with E-state index in [4.69, 9.17) is 0 Å². The van der Waals surface area contributed by atoms with Crippen molar-refractivity contribution in [1.29, 1.82) is 0 Å². The number of hydrogen-bond donors (Lipinski definition) is 1. The molecule has 1 N–H and O–H groups in total. The highest BCUT2D eigenvalue weighted by atomic mass is 19.1. The summed E-state index contributed by atoms with van der Waals surface area (Å²) in [6.45, 7) is 3.27. The highest BCUT2D eigenvalue weighted by molar-refractivity contribution is 5.44. The van der Waals surface area contributed by atoms with Crippen LogP contribution in [0, 0.1) is 12.7 Å². The van der Waals surface area contributed by atoms with Gasteiger partial charge in [-0.2, -0.15) is 4.98 Å². The fourth-order valence-electron chi connectivity index (χ4n) is 2.54. The molecule has 0 saturated carbocycles. The van der Waals surface area contributed by atoms with Crippen molar-refractivity contribution < 1.29 is 4.39 Å². The smallest absolute Gasteiger partial charge is 0.227 e. The van der Waals surface area contributed by atoms with Crippen LogP contribution in [-0.2, 0) is 13.1 Å². The molecule has 0 saturated heterocycles. The monoisotopic (exact) mass is 336 g/mol. The van der Waals surface area contributed by atoms with Gasteiger partial charge in [-0.25, -0.2) is 9.37 Å². The molecule has 0 spiro atoms. The van der Waals surface area contributed by atoms with Gasteiger partial charge in [-0.3, -0.25) is 0 Å². The number of nitrogens with zero attached hydrogens (tertiary/aromatic N) is 3. The second kappa shape index (κ2) is 7.75. The predicted octanol–water partition coefficient (Wildman–Crippen LogP) is 4.17. The Bertz CT molecular complexity index is 819. The van der Waals surface area contributed by atoms with Crippen LogP contribution in [0.3, 0.4) is 0 Å². The SMILES string of the molecule is Cc1cc(NCc2ccc(F)cc2)nc(N(C)Cc2ccccc2)n1. The van der Waals surface area contributed by atoms with Crippen molar-refractivity contribution >= 4 is 11.8 Å². The van der Waals surface area contributed by atoms with Crippen molar-refractivity contribution in [2.24, 2.45) is 0 Å². The van der Waals surface area contributed by atoms with Gasteiger partial charge >= 0.3 is 0 Å². The van der Waals surface area contributed by atoms with Gasteiger partial charge in [0.15, 0.2) is 0 Å². The number of anilines is 2. The Kier molecular flexibility index (Phi) is 5.23. The lowest BCUT2D eigenvalue weighted by molar-refractivity contribution is 0.627. The summed E-state index contributed by atoms with van der Waals surface area (Å²) in [4.78, 5) is 11.1. The highest BCUT2D eigenvalue weighted by Gasteiger charge is 2.08. The van der Waals surface area contributed by atoms with Gasteiger partial charge in [0.2, 0.25) is 5.95 Å². The van der Waals surface area contributed by atoms with Gasteiger partial charge < -0.3 is 10.2 Å². The third kappa shape index (κ3) is 4.76. The molecule has 0 amide bonds. The molecule has 0 aliphatic carbocycles. The quantitative estimate of drug-likeness (QED) is 0.733. The first-order valence-electron chi connectivity index (χ1n) is 8.19. The van der Waals surface area contributed by atoms with Gasteiger partial charge in [0.1, 0.15) is 11.6 Å². The molecule has 0 radical (unpaired) electrons. The molecule has 1 heterocycles. The van der Waals surface area contributed by atoms with Crippen LogP contribution in [-0.4, -0.2) is 17.0 Å². The maximum Gasteiger partial charge on any atom is 0.227 e. The Morgan fingerprint density at radius 3 is 2.40 bits per heavy atom. The van der Waals surface area contributed by atoms with Crippen molar-refractivity contribution in [2.45, 2.75) is 20.0 Å². The maximum absolute atomic E-state index is 13.0. The molecular weight excluding hydrogens is 315 g/mol. The molecule has 0 fully saturated rings. The van der Waals surface area contributed by atoms with E-state index in [2.05, 4.69) is 27.4 Å². The van der Waals surface area contributed by atoms with Crippen LogP contribution < -0.4 is 10.2 Å². The van der Waals surface area contributed by atoms with Crippen molar-refractivity contribution in [2.75, 3.05) is 17.3 Å². The van der Waals surface area contributed by atoms with Crippen LogP contribution in [0.1, 0.15) is 16.8 Å². The van der Waals surface area contributed by atoms with Gasteiger partial charge in [-0.1, -0.05) is 42.5 Å². The molecule has 3 rings (SSSR count). The van der Waals surface area contributed by atoms with Crippen molar-refractivity contribution in [3.05, 3.63) is 83.3 Å². The van der Waals surface area contributed by atoms with Crippen LogP contribution in [0.5, 0.6) is 0 Å². The van der Waals surface area contributed by atoms with Gasteiger partial charge in [0, 0.05) is 31.9 Å². The lowest BCUT2D eigenvalue weighted by Gasteiger charge is -2.18. The van der Waals surface area contributed by atoms with Gasteiger partial charge in [0.25, 0.3) is 0 Å². The predicted molar refractivity (Wildman–Crippen MR) is 99.0 cm³/mol. The minimum absolute atomic E-state index is 0.230. The molecule has 1 aromatic heterocycles. The highest BCUT2D eigenvalue weighted by Crippen LogP contribution is 2.16. The Morgan fingerprint density at radius 1 is 0.960 bits per heavy atom. The lowest BCUT2D eigenvalue weighted by atomic mass is 10.2. The zero-order valence-electron chi connectivity index (χ0n) is 14.4. The average molecular weight is 336 g/mol. The Balaban J connectivity index is 1.70. The molecule has 25 heavy (non-hydrogen) atoms. The van der Waals surface area contributed by atoms with Gasteiger partial charge in [-0.15, -0.1) is 0 Å². The summed E-state index contributed by atoms with van der Waals surface area (Å²) in [6.07, 6.45) is 0. The van der Waals surface area contributed by atoms with Crippen LogP contribution in [0.15, 0.2) is 60.7 Å². The Hall–Kier alpha value is -2.95. The first kappa shape index (κ1) is 16.9. The normalized spacial score (nSPS) is 10.5. The molecule has 4 nitrogen and oxygen atoms in total. The number of aryl methyl sites for hydroxylation is 1. The lowest BCUT2D eigenvalue weighted by Crippen LogP contribution is -2.20. The number of hydrogen-bond acceptors (Lipinski definition) is 4. The molecule has 2 aromatic carbocycles. The van der Waals surface area contributed by atoms with Crippen molar-refractivity contribution in [3.8, 4) is 0 Å². The van der Waals surface area contributed by atoms with E-state index in [1.165, 1.54) is 17.7 Å². The van der Waals surface area contributed by atoms with E-state index in [9.17, 15) is 4.39 Å². The number of nitrogens with one attached hydrogen (secondary N) is 1. The van der Waals surface area contributed by atoms with Crippen molar-refractivity contribution in [3.63, 3.8) is 0 Å². The van der Waals surface area contributed by atoms with E-state index < -0.39 is 0 Å². The van der Waals surface area contributed by atoms with Crippen LogP contribution in [0.25, 0.3) is 0 Å². The summed E-state index contributed by atoms with van der Waals surface area (Å²) in [7, 11) is 1.98. The summed E-state index contributed by atoms with van der Waals surface area (Å²) in [5.74, 6) is 1.20. The molecule has 0 aliphatic heterocycles. The molecule has 3 aromatic rings. The van der Waals surface area contributed by atoms with E-state index in [0.717, 1.165) is 23.6 Å². The summed E-state index contributed by atoms with van der Waals surface area (Å²) in [6, 6.07) is 18.6. The van der Waals surface area contributed by atoms with Gasteiger partial charge in [-0.05, 0) is 30.2 Å². The number of halogens is 1. The zero-order chi connectivity index (χ0) is 17.6. The third-order valence-electron chi connectivity index (χ3n) is 3.83. The summed E-state index contributed by atoms with van der Waals surface area (Å²) < 4.78 is 13.0. The van der Waals surface area contributed by atoms with E-state index in [0.29, 0.717) is 12.5 Å². The fraction of sp³-hybridized carbons (Fsp3) is 0.200. The Morgan fingerprint density at radius 2 is 1.68 bits per heavy atom. The first-order chi connectivity index (χ1) is 12.1. The number of rotatable bonds is 6. The first-order valence-corrected chi connectivity index (χ1v) is 8.19. The zero-order valence-corrected chi connectivity index (χ0v) is 14.4. The van der Waals surface area contributed by atoms with Crippen molar-refractivity contribution in [1.82, 2.24) is 9.97 Å². The minimum Gasteiger partial charge on any atom is -0.366 e. The topological polar surface area (TPSA) is 41.1 Å². The van der Waals surface area contributed by atoms with E-state index in [1.54, 1.807) is 12.1 Å².